The Kier molecular flexibility index (Phi) is 2.57. The molecule has 0 unspecified atom stereocenters. The van der Waals surface area contributed by atoms with E-state index in [1.807, 2.05) is 6.07 Å². The minimum atomic E-state index is 0.0833. The van der Waals surface area contributed by atoms with Crippen LogP contribution in [0, 0.1) is 0 Å². The molecule has 3 aromatic heterocycles. The van der Waals surface area contributed by atoms with Crippen LogP contribution in [0.5, 0.6) is 0 Å². The van der Waals surface area contributed by atoms with Gasteiger partial charge in [0.15, 0.2) is 5.65 Å². The number of hydrogen-bond donors (Lipinski definition) is 1. The molecule has 0 atom stereocenters. The molecule has 0 aromatic carbocycles. The Bertz CT molecular complexity index is 842. The molecule has 0 saturated carbocycles. The molecular weight excluding hydrogens is 270 g/mol. The number of aromatic amines is 1. The van der Waals surface area contributed by atoms with E-state index in [4.69, 9.17) is 4.98 Å². The maximum absolute atomic E-state index is 12.6. The van der Waals surface area contributed by atoms with Crippen LogP contribution in [0.3, 0.4) is 0 Å². The number of H-pyrrole nitrogens is 1. The van der Waals surface area contributed by atoms with Crippen molar-refractivity contribution < 1.29 is 0 Å². The fourth-order valence-electron chi connectivity index (χ4n) is 3.02. The van der Waals surface area contributed by atoms with Crippen LogP contribution >= 0.6 is 11.3 Å². The molecule has 3 aromatic rings. The lowest BCUT2D eigenvalue weighted by molar-refractivity contribution is 0.839. The van der Waals surface area contributed by atoms with E-state index in [0.717, 1.165) is 53.8 Å². The second kappa shape index (κ2) is 4.31. The lowest BCUT2D eigenvalue weighted by atomic mass is 10.1. The SMILES string of the molecule is CCc1[nH]n2c(=O)c3c(nc2c1-c1cccs1)CCC3. The van der Waals surface area contributed by atoms with Gasteiger partial charge in [0, 0.05) is 16.1 Å². The molecule has 20 heavy (non-hydrogen) atoms. The van der Waals surface area contributed by atoms with Crippen molar-refractivity contribution >= 4 is 17.0 Å². The van der Waals surface area contributed by atoms with Gasteiger partial charge in [-0.3, -0.25) is 9.89 Å². The number of rotatable bonds is 2. The summed E-state index contributed by atoms with van der Waals surface area (Å²) in [5, 5.41) is 5.31. The Hall–Kier alpha value is -1.88. The molecule has 0 amide bonds. The quantitative estimate of drug-likeness (QED) is 0.787. The standard InChI is InChI=1S/C15H15N3OS/c1-2-10-13(12-7-4-8-20-12)14-16-11-6-3-5-9(11)15(19)18(14)17-10/h4,7-8,17H,2-3,5-6H2,1H3. The molecule has 0 aliphatic heterocycles. The third-order valence-electron chi connectivity index (χ3n) is 4.00. The monoisotopic (exact) mass is 285 g/mol. The van der Waals surface area contributed by atoms with Crippen molar-refractivity contribution in [2.75, 3.05) is 0 Å². The van der Waals surface area contributed by atoms with Gasteiger partial charge in [-0.1, -0.05) is 13.0 Å². The van der Waals surface area contributed by atoms with E-state index in [0.29, 0.717) is 0 Å². The van der Waals surface area contributed by atoms with Crippen molar-refractivity contribution in [1.82, 2.24) is 14.6 Å². The van der Waals surface area contributed by atoms with E-state index in [9.17, 15) is 4.79 Å². The molecule has 4 rings (SSSR count). The molecule has 102 valence electrons. The van der Waals surface area contributed by atoms with Gasteiger partial charge in [-0.15, -0.1) is 11.3 Å². The predicted molar refractivity (Wildman–Crippen MR) is 80.5 cm³/mol. The number of hydrogen-bond acceptors (Lipinski definition) is 3. The van der Waals surface area contributed by atoms with E-state index < -0.39 is 0 Å². The highest BCUT2D eigenvalue weighted by molar-refractivity contribution is 7.13. The Morgan fingerprint density at radius 1 is 1.45 bits per heavy atom. The number of aromatic nitrogens is 3. The van der Waals surface area contributed by atoms with Gasteiger partial charge < -0.3 is 0 Å². The molecule has 0 saturated heterocycles. The minimum Gasteiger partial charge on any atom is -0.293 e. The van der Waals surface area contributed by atoms with Crippen molar-refractivity contribution in [3.63, 3.8) is 0 Å². The van der Waals surface area contributed by atoms with E-state index in [-0.39, 0.29) is 5.56 Å². The van der Waals surface area contributed by atoms with Crippen molar-refractivity contribution in [1.29, 1.82) is 0 Å². The number of aryl methyl sites for hydroxylation is 2. The average molecular weight is 285 g/mol. The lowest BCUT2D eigenvalue weighted by Crippen LogP contribution is -2.20. The largest absolute Gasteiger partial charge is 0.293 e. The smallest absolute Gasteiger partial charge is 0.276 e. The van der Waals surface area contributed by atoms with Crippen molar-refractivity contribution in [2.45, 2.75) is 32.6 Å². The molecule has 5 heteroatoms. The maximum atomic E-state index is 12.6. The van der Waals surface area contributed by atoms with Gasteiger partial charge in [0.2, 0.25) is 0 Å². The van der Waals surface area contributed by atoms with Gasteiger partial charge in [-0.2, -0.15) is 0 Å². The summed E-state index contributed by atoms with van der Waals surface area (Å²) in [7, 11) is 0. The van der Waals surface area contributed by atoms with Crippen LogP contribution in [0.15, 0.2) is 22.3 Å². The van der Waals surface area contributed by atoms with Crippen LogP contribution in [0.2, 0.25) is 0 Å². The first kappa shape index (κ1) is 11.9. The topological polar surface area (TPSA) is 50.2 Å². The van der Waals surface area contributed by atoms with E-state index in [1.54, 1.807) is 15.9 Å². The average Bonchev–Trinajstić information content (AvgIpc) is 3.17. The molecule has 0 spiro atoms. The number of nitrogens with one attached hydrogen (secondary N) is 1. The zero-order chi connectivity index (χ0) is 13.7. The summed E-state index contributed by atoms with van der Waals surface area (Å²) >= 11 is 1.69. The van der Waals surface area contributed by atoms with Gasteiger partial charge in [0.05, 0.1) is 11.3 Å². The number of fused-ring (bicyclic) bond motifs is 2. The normalized spacial score (nSPS) is 14.1. The third-order valence-corrected chi connectivity index (χ3v) is 4.88. The Morgan fingerprint density at radius 3 is 3.10 bits per heavy atom. The van der Waals surface area contributed by atoms with Gasteiger partial charge in [-0.25, -0.2) is 9.50 Å². The molecule has 0 fully saturated rings. The van der Waals surface area contributed by atoms with Crippen molar-refractivity contribution in [3.05, 3.63) is 44.8 Å². The van der Waals surface area contributed by atoms with Gasteiger partial charge in [0.25, 0.3) is 5.56 Å². The zero-order valence-electron chi connectivity index (χ0n) is 11.3. The number of nitrogens with zero attached hydrogens (tertiary/aromatic N) is 2. The van der Waals surface area contributed by atoms with E-state index >= 15 is 0 Å². The fraction of sp³-hybridized carbons (Fsp3) is 0.333. The highest BCUT2D eigenvalue weighted by Gasteiger charge is 2.22. The second-order valence-corrected chi connectivity index (χ2v) is 6.10. The minimum absolute atomic E-state index is 0.0833. The molecule has 0 bridgehead atoms. The number of thiophene rings is 1. The highest BCUT2D eigenvalue weighted by Crippen LogP contribution is 2.32. The highest BCUT2D eigenvalue weighted by atomic mass is 32.1. The molecule has 0 radical (unpaired) electrons. The van der Waals surface area contributed by atoms with E-state index in [1.165, 1.54) is 4.88 Å². The first-order valence-electron chi connectivity index (χ1n) is 6.99. The summed E-state index contributed by atoms with van der Waals surface area (Å²) in [6.45, 7) is 2.10. The molecule has 3 heterocycles. The van der Waals surface area contributed by atoms with Crippen LogP contribution in [-0.2, 0) is 19.3 Å². The molecule has 4 nitrogen and oxygen atoms in total. The molecule has 1 aliphatic rings. The van der Waals surface area contributed by atoms with Crippen molar-refractivity contribution in [2.24, 2.45) is 0 Å². The molecular formula is C15H15N3OS. The summed E-state index contributed by atoms with van der Waals surface area (Å²) in [6.07, 6.45) is 3.69. The summed E-state index contributed by atoms with van der Waals surface area (Å²) in [4.78, 5) is 18.5. The van der Waals surface area contributed by atoms with Crippen LogP contribution < -0.4 is 5.56 Å². The Labute approximate surface area is 120 Å². The Morgan fingerprint density at radius 2 is 2.35 bits per heavy atom. The van der Waals surface area contributed by atoms with Crippen LogP contribution in [0.1, 0.15) is 30.3 Å². The second-order valence-electron chi connectivity index (χ2n) is 5.15. The fourth-order valence-corrected chi connectivity index (χ4v) is 3.82. The van der Waals surface area contributed by atoms with Crippen molar-refractivity contribution in [3.8, 4) is 10.4 Å². The lowest BCUT2D eigenvalue weighted by Gasteiger charge is -2.01. The van der Waals surface area contributed by atoms with E-state index in [2.05, 4.69) is 23.5 Å². The van der Waals surface area contributed by atoms with Gasteiger partial charge in [0.1, 0.15) is 0 Å². The van der Waals surface area contributed by atoms with Crippen LogP contribution in [0.25, 0.3) is 16.1 Å². The van der Waals surface area contributed by atoms with Gasteiger partial charge >= 0.3 is 0 Å². The van der Waals surface area contributed by atoms with Crippen LogP contribution in [0.4, 0.5) is 0 Å². The maximum Gasteiger partial charge on any atom is 0.276 e. The molecule has 1 N–H and O–H groups in total. The predicted octanol–water partition coefficient (Wildman–Crippen LogP) is 2.80. The summed E-state index contributed by atoms with van der Waals surface area (Å²) in [6, 6.07) is 4.13. The Balaban J connectivity index is 2.12. The first-order valence-corrected chi connectivity index (χ1v) is 7.86. The molecule has 1 aliphatic carbocycles. The summed E-state index contributed by atoms with van der Waals surface area (Å²) in [5.41, 5.74) is 4.93. The zero-order valence-corrected chi connectivity index (χ0v) is 12.1. The first-order chi connectivity index (χ1) is 9.79. The van der Waals surface area contributed by atoms with Gasteiger partial charge in [-0.05, 0) is 37.1 Å². The summed E-state index contributed by atoms with van der Waals surface area (Å²) in [5.74, 6) is 0. The summed E-state index contributed by atoms with van der Waals surface area (Å²) < 4.78 is 1.64. The van der Waals surface area contributed by atoms with Crippen LogP contribution in [-0.4, -0.2) is 14.6 Å². The third kappa shape index (κ3) is 1.53.